The molecule has 1 aromatic rings. The average Bonchev–Trinajstić information content (AvgIpc) is 2.38. The minimum absolute atomic E-state index is 0.319. The fraction of sp³-hybridized carbons (Fsp3) is 0.375. The van der Waals surface area contributed by atoms with E-state index in [0.717, 1.165) is 18.4 Å². The zero-order valence-electron chi connectivity index (χ0n) is 12.6. The van der Waals surface area contributed by atoms with Crippen LogP contribution in [0.5, 0.6) is 0 Å². The van der Waals surface area contributed by atoms with Gasteiger partial charge in [-0.3, -0.25) is 0 Å². The molecule has 3 nitrogen and oxygen atoms in total. The largest absolute Gasteiger partial charge is 0.382 e. The highest BCUT2D eigenvalue weighted by atomic mass is 32.2. The minimum atomic E-state index is -3.46. The predicted octanol–water partition coefficient (Wildman–Crippen LogP) is 3.53. The van der Waals surface area contributed by atoms with Gasteiger partial charge in [0.1, 0.15) is 0 Å². The summed E-state index contributed by atoms with van der Waals surface area (Å²) in [4.78, 5) is 2.40. The summed E-state index contributed by atoms with van der Waals surface area (Å²) in [5, 5.41) is 0. The smallest absolute Gasteiger partial charge is 0.208 e. The standard InChI is InChI=1S/C16H23NO2S/c1-5-6-7-8-16(13-17(3)4)20(18,19)15-11-9-14(2)10-12-15/h7-13H,5-6H2,1-4H3/b8-7+,16-13+. The molecule has 0 aliphatic rings. The molecule has 0 aromatic heterocycles. The van der Waals surface area contributed by atoms with Crippen molar-refractivity contribution in [2.75, 3.05) is 14.1 Å². The van der Waals surface area contributed by atoms with Gasteiger partial charge in [0, 0.05) is 20.3 Å². The molecule has 0 unspecified atom stereocenters. The van der Waals surface area contributed by atoms with Crippen molar-refractivity contribution >= 4 is 9.84 Å². The number of unbranched alkanes of at least 4 members (excludes halogenated alkanes) is 1. The van der Waals surface area contributed by atoms with Gasteiger partial charge in [0.15, 0.2) is 0 Å². The van der Waals surface area contributed by atoms with Crippen LogP contribution in [0.3, 0.4) is 0 Å². The SMILES string of the molecule is CCC/C=C/C(=C\N(C)C)S(=O)(=O)c1ccc(C)cc1. The van der Waals surface area contributed by atoms with Gasteiger partial charge in [-0.1, -0.05) is 37.1 Å². The van der Waals surface area contributed by atoms with E-state index in [1.165, 1.54) is 0 Å². The maximum atomic E-state index is 12.6. The van der Waals surface area contributed by atoms with E-state index < -0.39 is 9.84 Å². The zero-order valence-corrected chi connectivity index (χ0v) is 13.4. The Hall–Kier alpha value is -1.55. The van der Waals surface area contributed by atoms with Crippen LogP contribution in [0.1, 0.15) is 25.3 Å². The zero-order chi connectivity index (χ0) is 15.2. The summed E-state index contributed by atoms with van der Waals surface area (Å²) in [5.41, 5.74) is 1.05. The molecule has 110 valence electrons. The van der Waals surface area contributed by atoms with Gasteiger partial charge in [0.2, 0.25) is 9.84 Å². The van der Waals surface area contributed by atoms with Gasteiger partial charge >= 0.3 is 0 Å². The van der Waals surface area contributed by atoms with E-state index in [4.69, 9.17) is 0 Å². The third-order valence-corrected chi connectivity index (χ3v) is 4.52. The molecule has 1 rings (SSSR count). The van der Waals surface area contributed by atoms with Crippen molar-refractivity contribution in [2.45, 2.75) is 31.6 Å². The second kappa shape index (κ2) is 7.29. The van der Waals surface area contributed by atoms with Gasteiger partial charge in [-0.15, -0.1) is 0 Å². The molecule has 0 atom stereocenters. The Kier molecular flexibility index (Phi) is 6.02. The maximum absolute atomic E-state index is 12.6. The van der Waals surface area contributed by atoms with Crippen LogP contribution in [0.4, 0.5) is 0 Å². The molecule has 20 heavy (non-hydrogen) atoms. The Morgan fingerprint density at radius 2 is 1.80 bits per heavy atom. The van der Waals surface area contributed by atoms with Crippen LogP contribution in [0.15, 0.2) is 52.4 Å². The van der Waals surface area contributed by atoms with Gasteiger partial charge in [0.25, 0.3) is 0 Å². The molecule has 0 saturated heterocycles. The lowest BCUT2D eigenvalue weighted by atomic mass is 10.2. The Labute approximate surface area is 122 Å². The van der Waals surface area contributed by atoms with E-state index in [1.807, 2.05) is 39.2 Å². The topological polar surface area (TPSA) is 37.4 Å². The van der Waals surface area contributed by atoms with Crippen molar-refractivity contribution in [2.24, 2.45) is 0 Å². The Morgan fingerprint density at radius 3 is 2.30 bits per heavy atom. The van der Waals surface area contributed by atoms with E-state index in [1.54, 1.807) is 29.3 Å². The molecule has 0 amide bonds. The molecular weight excluding hydrogens is 270 g/mol. The number of hydrogen-bond donors (Lipinski definition) is 0. The summed E-state index contributed by atoms with van der Waals surface area (Å²) >= 11 is 0. The van der Waals surface area contributed by atoms with Crippen molar-refractivity contribution in [3.05, 3.63) is 53.1 Å². The number of sulfone groups is 1. The van der Waals surface area contributed by atoms with E-state index in [-0.39, 0.29) is 0 Å². The minimum Gasteiger partial charge on any atom is -0.382 e. The van der Waals surface area contributed by atoms with Crippen LogP contribution in [0.25, 0.3) is 0 Å². The second-order valence-corrected chi connectivity index (χ2v) is 6.95. The highest BCUT2D eigenvalue weighted by molar-refractivity contribution is 7.95. The third kappa shape index (κ3) is 4.53. The molecule has 0 radical (unpaired) electrons. The number of aryl methyl sites for hydroxylation is 1. The lowest BCUT2D eigenvalue weighted by Crippen LogP contribution is -2.09. The van der Waals surface area contributed by atoms with Crippen LogP contribution >= 0.6 is 0 Å². The lowest BCUT2D eigenvalue weighted by Gasteiger charge is -2.10. The first-order valence-electron chi connectivity index (χ1n) is 6.74. The van der Waals surface area contributed by atoms with E-state index in [2.05, 4.69) is 6.92 Å². The highest BCUT2D eigenvalue weighted by Gasteiger charge is 2.18. The lowest BCUT2D eigenvalue weighted by molar-refractivity contribution is 0.558. The summed E-state index contributed by atoms with van der Waals surface area (Å²) in [7, 11) is 0.175. The quantitative estimate of drug-likeness (QED) is 0.753. The average molecular weight is 293 g/mol. The Bertz CT molecular complexity index is 581. The van der Waals surface area contributed by atoms with E-state index >= 15 is 0 Å². The van der Waals surface area contributed by atoms with Gasteiger partial charge in [-0.25, -0.2) is 8.42 Å². The molecule has 0 bridgehead atoms. The highest BCUT2D eigenvalue weighted by Crippen LogP contribution is 2.21. The van der Waals surface area contributed by atoms with Crippen LogP contribution in [-0.2, 0) is 9.84 Å². The predicted molar refractivity (Wildman–Crippen MR) is 84.2 cm³/mol. The van der Waals surface area contributed by atoms with E-state index in [9.17, 15) is 8.42 Å². The van der Waals surface area contributed by atoms with Crippen molar-refractivity contribution in [3.8, 4) is 0 Å². The summed E-state index contributed by atoms with van der Waals surface area (Å²) in [6.45, 7) is 4.00. The van der Waals surface area contributed by atoms with Crippen molar-refractivity contribution < 1.29 is 8.42 Å². The molecule has 0 aliphatic heterocycles. The molecule has 0 saturated carbocycles. The van der Waals surface area contributed by atoms with Crippen LogP contribution in [-0.4, -0.2) is 27.4 Å². The molecular formula is C16H23NO2S. The molecule has 0 N–H and O–H groups in total. The number of allylic oxidation sites excluding steroid dienone is 2. The number of nitrogens with zero attached hydrogens (tertiary/aromatic N) is 1. The van der Waals surface area contributed by atoms with Gasteiger partial charge in [-0.2, -0.15) is 0 Å². The van der Waals surface area contributed by atoms with Crippen molar-refractivity contribution in [3.63, 3.8) is 0 Å². The number of benzene rings is 1. The van der Waals surface area contributed by atoms with Gasteiger partial charge in [-0.05, 0) is 31.6 Å². The molecule has 1 aromatic carbocycles. The van der Waals surface area contributed by atoms with Crippen LogP contribution < -0.4 is 0 Å². The fourth-order valence-corrected chi connectivity index (χ4v) is 3.07. The summed E-state index contributed by atoms with van der Waals surface area (Å²) in [6, 6.07) is 6.94. The molecule has 0 heterocycles. The molecule has 0 aliphatic carbocycles. The fourth-order valence-electron chi connectivity index (χ4n) is 1.68. The second-order valence-electron chi connectivity index (χ2n) is 5.00. The third-order valence-electron chi connectivity index (χ3n) is 2.76. The number of hydrogen-bond acceptors (Lipinski definition) is 3. The summed E-state index contributed by atoms with van der Waals surface area (Å²) in [6.07, 6.45) is 7.10. The first-order chi connectivity index (χ1) is 9.37. The summed E-state index contributed by atoms with van der Waals surface area (Å²) < 4.78 is 25.3. The summed E-state index contributed by atoms with van der Waals surface area (Å²) in [5.74, 6) is 0. The Morgan fingerprint density at radius 1 is 1.20 bits per heavy atom. The monoisotopic (exact) mass is 293 g/mol. The maximum Gasteiger partial charge on any atom is 0.208 e. The molecule has 0 fully saturated rings. The molecule has 0 spiro atoms. The van der Waals surface area contributed by atoms with Crippen molar-refractivity contribution in [1.82, 2.24) is 4.90 Å². The number of rotatable bonds is 6. The van der Waals surface area contributed by atoms with Crippen LogP contribution in [0.2, 0.25) is 0 Å². The normalized spacial score (nSPS) is 12.9. The molecule has 4 heteroatoms. The van der Waals surface area contributed by atoms with Crippen LogP contribution in [0, 0.1) is 6.92 Å². The van der Waals surface area contributed by atoms with E-state index in [0.29, 0.717) is 9.80 Å². The Balaban J connectivity index is 3.21. The first-order valence-corrected chi connectivity index (χ1v) is 8.22. The first kappa shape index (κ1) is 16.5. The van der Waals surface area contributed by atoms with Crippen molar-refractivity contribution in [1.29, 1.82) is 0 Å². The van der Waals surface area contributed by atoms with Gasteiger partial charge in [0.05, 0.1) is 9.80 Å². The van der Waals surface area contributed by atoms with Gasteiger partial charge < -0.3 is 4.90 Å².